The molecule has 1 atom stereocenters. The molecule has 0 bridgehead atoms. The molecule has 1 saturated carbocycles. The SMILES string of the molecule is O=C(CNC1CCCc2sccc21)NC1CCCCCC1. The number of amides is 1. The number of carbonyl (C=O) groups excluding carboxylic acids is 1. The third kappa shape index (κ3) is 4.07. The van der Waals surface area contributed by atoms with Gasteiger partial charge in [-0.25, -0.2) is 0 Å². The number of nitrogens with one attached hydrogen (secondary N) is 2. The first-order chi connectivity index (χ1) is 10.3. The molecule has 3 nitrogen and oxygen atoms in total. The normalized spacial score (nSPS) is 23.3. The Morgan fingerprint density at radius 1 is 1.14 bits per heavy atom. The average Bonchev–Trinajstić information content (AvgIpc) is 2.83. The van der Waals surface area contributed by atoms with Crippen molar-refractivity contribution < 1.29 is 4.79 Å². The molecule has 3 rings (SSSR count). The van der Waals surface area contributed by atoms with E-state index in [-0.39, 0.29) is 5.91 Å². The molecule has 1 aromatic rings. The van der Waals surface area contributed by atoms with Gasteiger partial charge in [0.1, 0.15) is 0 Å². The lowest BCUT2D eigenvalue weighted by Crippen LogP contribution is -2.41. The van der Waals surface area contributed by atoms with Gasteiger partial charge in [-0.05, 0) is 49.1 Å². The van der Waals surface area contributed by atoms with E-state index < -0.39 is 0 Å². The van der Waals surface area contributed by atoms with Gasteiger partial charge in [0, 0.05) is 17.0 Å². The lowest BCUT2D eigenvalue weighted by molar-refractivity contribution is -0.121. The Labute approximate surface area is 131 Å². The van der Waals surface area contributed by atoms with Gasteiger partial charge in [0.2, 0.25) is 5.91 Å². The molecule has 21 heavy (non-hydrogen) atoms. The second-order valence-corrected chi connectivity index (χ2v) is 7.38. The van der Waals surface area contributed by atoms with Crippen molar-refractivity contribution in [1.82, 2.24) is 10.6 Å². The fourth-order valence-electron chi connectivity index (χ4n) is 3.62. The van der Waals surface area contributed by atoms with Gasteiger partial charge in [0.15, 0.2) is 0 Å². The Balaban J connectivity index is 1.46. The van der Waals surface area contributed by atoms with Crippen molar-refractivity contribution in [3.63, 3.8) is 0 Å². The third-order valence-corrected chi connectivity index (χ3v) is 5.78. The van der Waals surface area contributed by atoms with Crippen LogP contribution in [0.3, 0.4) is 0 Å². The van der Waals surface area contributed by atoms with E-state index in [1.165, 1.54) is 49.0 Å². The van der Waals surface area contributed by atoms with Crippen LogP contribution in [0, 0.1) is 0 Å². The van der Waals surface area contributed by atoms with E-state index in [0.717, 1.165) is 19.3 Å². The zero-order chi connectivity index (χ0) is 14.5. The quantitative estimate of drug-likeness (QED) is 0.835. The molecule has 1 unspecified atom stereocenters. The fourth-order valence-corrected chi connectivity index (χ4v) is 4.60. The second kappa shape index (κ2) is 7.41. The molecular weight excluding hydrogens is 280 g/mol. The molecule has 0 aliphatic heterocycles. The van der Waals surface area contributed by atoms with Crippen molar-refractivity contribution >= 4 is 17.2 Å². The van der Waals surface area contributed by atoms with Crippen molar-refractivity contribution in [2.45, 2.75) is 69.9 Å². The molecule has 2 aliphatic rings. The minimum Gasteiger partial charge on any atom is -0.352 e. The topological polar surface area (TPSA) is 41.1 Å². The summed E-state index contributed by atoms with van der Waals surface area (Å²) in [6.07, 6.45) is 11.1. The molecule has 2 N–H and O–H groups in total. The van der Waals surface area contributed by atoms with Crippen molar-refractivity contribution in [3.8, 4) is 0 Å². The van der Waals surface area contributed by atoms with E-state index in [1.54, 1.807) is 0 Å². The summed E-state index contributed by atoms with van der Waals surface area (Å²) in [5.74, 6) is 0.171. The van der Waals surface area contributed by atoms with Crippen LogP contribution in [0.25, 0.3) is 0 Å². The first kappa shape index (κ1) is 15.0. The summed E-state index contributed by atoms with van der Waals surface area (Å²) in [6.45, 7) is 0.455. The number of fused-ring (bicyclic) bond motifs is 1. The molecule has 4 heteroatoms. The van der Waals surface area contributed by atoms with Crippen molar-refractivity contribution in [2.24, 2.45) is 0 Å². The van der Waals surface area contributed by atoms with E-state index >= 15 is 0 Å². The van der Waals surface area contributed by atoms with Gasteiger partial charge >= 0.3 is 0 Å². The summed E-state index contributed by atoms with van der Waals surface area (Å²) >= 11 is 1.85. The van der Waals surface area contributed by atoms with Crippen molar-refractivity contribution in [1.29, 1.82) is 0 Å². The van der Waals surface area contributed by atoms with Gasteiger partial charge in [0.05, 0.1) is 6.54 Å². The maximum atomic E-state index is 12.1. The lowest BCUT2D eigenvalue weighted by Gasteiger charge is -2.24. The molecule has 116 valence electrons. The molecule has 0 spiro atoms. The van der Waals surface area contributed by atoms with Gasteiger partial charge in [-0.2, -0.15) is 0 Å². The Bertz CT molecular complexity index is 463. The van der Waals surface area contributed by atoms with Crippen LogP contribution in [-0.4, -0.2) is 18.5 Å². The zero-order valence-electron chi connectivity index (χ0n) is 12.7. The van der Waals surface area contributed by atoms with E-state index in [0.29, 0.717) is 18.6 Å². The first-order valence-corrected chi connectivity index (χ1v) is 9.30. The number of aryl methyl sites for hydroxylation is 1. The molecular formula is C17H26N2OS. The summed E-state index contributed by atoms with van der Waals surface area (Å²) in [7, 11) is 0. The predicted molar refractivity (Wildman–Crippen MR) is 87.6 cm³/mol. The second-order valence-electron chi connectivity index (χ2n) is 6.38. The minimum atomic E-state index is 0.171. The van der Waals surface area contributed by atoms with Crippen LogP contribution in [0.2, 0.25) is 0 Å². The smallest absolute Gasteiger partial charge is 0.234 e. The Kier molecular flexibility index (Phi) is 5.31. The van der Waals surface area contributed by atoms with Crippen LogP contribution in [0.4, 0.5) is 0 Å². The first-order valence-electron chi connectivity index (χ1n) is 8.42. The predicted octanol–water partition coefficient (Wildman–Crippen LogP) is 3.55. The zero-order valence-corrected chi connectivity index (χ0v) is 13.5. The monoisotopic (exact) mass is 306 g/mol. The lowest BCUT2D eigenvalue weighted by atomic mass is 9.94. The van der Waals surface area contributed by atoms with Gasteiger partial charge in [-0.15, -0.1) is 11.3 Å². The van der Waals surface area contributed by atoms with Crippen molar-refractivity contribution in [2.75, 3.05) is 6.54 Å². The number of carbonyl (C=O) groups is 1. The van der Waals surface area contributed by atoms with Gasteiger partial charge in [-0.3, -0.25) is 4.79 Å². The van der Waals surface area contributed by atoms with E-state index in [4.69, 9.17) is 0 Å². The van der Waals surface area contributed by atoms with Gasteiger partial charge in [0.25, 0.3) is 0 Å². The number of rotatable bonds is 4. The molecule has 0 saturated heterocycles. The molecule has 2 aliphatic carbocycles. The standard InChI is InChI=1S/C17H26N2OS/c20-17(19-13-6-3-1-2-4-7-13)12-18-15-8-5-9-16-14(15)10-11-21-16/h10-11,13,15,18H,1-9,12H2,(H,19,20). The number of hydrogen-bond acceptors (Lipinski definition) is 3. The number of thiophene rings is 1. The highest BCUT2D eigenvalue weighted by molar-refractivity contribution is 7.10. The maximum absolute atomic E-state index is 12.1. The Morgan fingerprint density at radius 2 is 1.95 bits per heavy atom. The van der Waals surface area contributed by atoms with Crippen molar-refractivity contribution in [3.05, 3.63) is 21.9 Å². The van der Waals surface area contributed by atoms with Gasteiger partial charge < -0.3 is 10.6 Å². The summed E-state index contributed by atoms with van der Waals surface area (Å²) < 4.78 is 0. The highest BCUT2D eigenvalue weighted by Crippen LogP contribution is 2.33. The highest BCUT2D eigenvalue weighted by atomic mass is 32.1. The summed E-state index contributed by atoms with van der Waals surface area (Å²) in [4.78, 5) is 13.6. The molecule has 1 aromatic heterocycles. The summed E-state index contributed by atoms with van der Waals surface area (Å²) in [5.41, 5.74) is 1.42. The Hall–Kier alpha value is -0.870. The van der Waals surface area contributed by atoms with E-state index in [9.17, 15) is 4.79 Å². The van der Waals surface area contributed by atoms with Crippen LogP contribution in [0.15, 0.2) is 11.4 Å². The fraction of sp³-hybridized carbons (Fsp3) is 0.706. The largest absolute Gasteiger partial charge is 0.352 e. The van der Waals surface area contributed by atoms with Crippen LogP contribution >= 0.6 is 11.3 Å². The Morgan fingerprint density at radius 3 is 2.76 bits per heavy atom. The van der Waals surface area contributed by atoms with Crippen LogP contribution < -0.4 is 10.6 Å². The minimum absolute atomic E-state index is 0.171. The summed E-state index contributed by atoms with van der Waals surface area (Å²) in [5, 5.41) is 8.86. The molecule has 0 aromatic carbocycles. The van der Waals surface area contributed by atoms with E-state index in [2.05, 4.69) is 22.1 Å². The van der Waals surface area contributed by atoms with Crippen LogP contribution in [0.1, 0.15) is 67.8 Å². The van der Waals surface area contributed by atoms with Crippen LogP contribution in [0.5, 0.6) is 0 Å². The molecule has 1 fully saturated rings. The van der Waals surface area contributed by atoms with Gasteiger partial charge in [-0.1, -0.05) is 25.7 Å². The van der Waals surface area contributed by atoms with Crippen LogP contribution in [-0.2, 0) is 11.2 Å². The molecule has 1 heterocycles. The molecule has 0 radical (unpaired) electrons. The summed E-state index contributed by atoms with van der Waals surface area (Å²) in [6, 6.07) is 3.00. The third-order valence-electron chi connectivity index (χ3n) is 4.78. The average molecular weight is 306 g/mol. The van der Waals surface area contributed by atoms with E-state index in [1.807, 2.05) is 11.3 Å². The highest BCUT2D eigenvalue weighted by Gasteiger charge is 2.22. The maximum Gasteiger partial charge on any atom is 0.234 e. The number of hydrogen-bond donors (Lipinski definition) is 2. The molecule has 1 amide bonds.